The van der Waals surface area contributed by atoms with Crippen molar-refractivity contribution in [2.45, 2.75) is 6.92 Å². The summed E-state index contributed by atoms with van der Waals surface area (Å²) < 4.78 is 45.7. The van der Waals surface area contributed by atoms with Crippen LogP contribution in [0.3, 0.4) is 0 Å². The van der Waals surface area contributed by atoms with E-state index >= 15 is 0 Å². The first-order valence-corrected chi connectivity index (χ1v) is 9.38. The van der Waals surface area contributed by atoms with E-state index in [1.54, 1.807) is 29.8 Å². The summed E-state index contributed by atoms with van der Waals surface area (Å²) >= 11 is 12.0. The van der Waals surface area contributed by atoms with Crippen molar-refractivity contribution in [3.8, 4) is 11.5 Å². The number of carbonyl (C=O) groups is 1. The highest BCUT2D eigenvalue weighted by atomic mass is 35.5. The smallest absolute Gasteiger partial charge is 0.303 e. The zero-order chi connectivity index (χ0) is 19.6. The standard InChI is InChI=1S/C16H15Cl2FN2O4S/c1-9-6-10(4-5-12(9)17)25-15-8-14(19)11(7-13(15)18)16(22)20-26(23,24)21(2)3/h4-8H,1-3H3,(H,20,22). The lowest BCUT2D eigenvalue weighted by Gasteiger charge is -2.14. The molecule has 0 spiro atoms. The van der Waals surface area contributed by atoms with Gasteiger partial charge in [0, 0.05) is 25.2 Å². The van der Waals surface area contributed by atoms with Crippen molar-refractivity contribution in [3.63, 3.8) is 0 Å². The van der Waals surface area contributed by atoms with Crippen LogP contribution in [0.5, 0.6) is 11.5 Å². The molecule has 0 aliphatic carbocycles. The summed E-state index contributed by atoms with van der Waals surface area (Å²) in [5.74, 6) is -1.79. The maximum atomic E-state index is 14.3. The summed E-state index contributed by atoms with van der Waals surface area (Å²) in [6.45, 7) is 1.77. The van der Waals surface area contributed by atoms with Crippen molar-refractivity contribution in [3.05, 3.63) is 57.3 Å². The summed E-state index contributed by atoms with van der Waals surface area (Å²) in [5, 5.41) is 0.482. The number of aryl methyl sites for hydroxylation is 1. The Morgan fingerprint density at radius 3 is 2.38 bits per heavy atom. The van der Waals surface area contributed by atoms with Gasteiger partial charge in [0.25, 0.3) is 5.91 Å². The highest BCUT2D eigenvalue weighted by Gasteiger charge is 2.22. The zero-order valence-electron chi connectivity index (χ0n) is 14.0. The molecule has 0 fully saturated rings. The van der Waals surface area contributed by atoms with E-state index < -0.39 is 27.5 Å². The van der Waals surface area contributed by atoms with Gasteiger partial charge in [-0.05, 0) is 36.8 Å². The number of ether oxygens (including phenoxy) is 1. The topological polar surface area (TPSA) is 75.7 Å². The van der Waals surface area contributed by atoms with Crippen LogP contribution in [0.4, 0.5) is 4.39 Å². The van der Waals surface area contributed by atoms with Gasteiger partial charge in [-0.3, -0.25) is 4.79 Å². The predicted octanol–water partition coefficient (Wildman–Crippen LogP) is 3.77. The molecular formula is C16H15Cl2FN2O4S. The quantitative estimate of drug-likeness (QED) is 0.798. The molecule has 2 rings (SSSR count). The molecule has 0 heterocycles. The summed E-state index contributed by atoms with van der Waals surface area (Å²) in [5.41, 5.74) is 0.228. The van der Waals surface area contributed by atoms with Crippen LogP contribution in [-0.4, -0.2) is 32.7 Å². The molecule has 0 aliphatic rings. The molecule has 0 unspecified atom stereocenters. The molecule has 2 aromatic rings. The molecule has 10 heteroatoms. The van der Waals surface area contributed by atoms with Gasteiger partial charge < -0.3 is 4.74 Å². The maximum Gasteiger partial charge on any atom is 0.303 e. The van der Waals surface area contributed by atoms with Gasteiger partial charge in [0.2, 0.25) is 0 Å². The molecule has 1 N–H and O–H groups in total. The minimum Gasteiger partial charge on any atom is -0.456 e. The van der Waals surface area contributed by atoms with Crippen molar-refractivity contribution in [1.82, 2.24) is 9.03 Å². The Balaban J connectivity index is 2.30. The third-order valence-electron chi connectivity index (χ3n) is 3.33. The second-order valence-corrected chi connectivity index (χ2v) is 8.19. The third-order valence-corrected chi connectivity index (χ3v) is 5.45. The summed E-state index contributed by atoms with van der Waals surface area (Å²) in [6.07, 6.45) is 0. The first-order chi connectivity index (χ1) is 12.0. The Labute approximate surface area is 160 Å². The van der Waals surface area contributed by atoms with E-state index in [4.69, 9.17) is 27.9 Å². The summed E-state index contributed by atoms with van der Waals surface area (Å²) in [7, 11) is -1.61. The Morgan fingerprint density at radius 2 is 1.81 bits per heavy atom. The Bertz CT molecular complexity index is 965. The molecule has 0 saturated heterocycles. The van der Waals surface area contributed by atoms with Crippen LogP contribution in [0.15, 0.2) is 30.3 Å². The first-order valence-electron chi connectivity index (χ1n) is 7.19. The lowest BCUT2D eigenvalue weighted by molar-refractivity contribution is 0.0976. The molecule has 0 saturated carbocycles. The molecular weight excluding hydrogens is 406 g/mol. The minimum atomic E-state index is -4.06. The normalized spacial score (nSPS) is 11.5. The fraction of sp³-hybridized carbons (Fsp3) is 0.188. The van der Waals surface area contributed by atoms with E-state index in [0.717, 1.165) is 22.0 Å². The minimum absolute atomic E-state index is 0.0297. The van der Waals surface area contributed by atoms with Crippen molar-refractivity contribution < 1.29 is 22.3 Å². The van der Waals surface area contributed by atoms with E-state index in [2.05, 4.69) is 0 Å². The van der Waals surface area contributed by atoms with Gasteiger partial charge in [-0.25, -0.2) is 9.11 Å². The van der Waals surface area contributed by atoms with Gasteiger partial charge in [0.1, 0.15) is 17.3 Å². The molecule has 0 aliphatic heterocycles. The van der Waals surface area contributed by atoms with Crippen molar-refractivity contribution in [2.75, 3.05) is 14.1 Å². The Hall–Kier alpha value is -1.87. The Kier molecular flexibility index (Phi) is 6.13. The molecule has 6 nitrogen and oxygen atoms in total. The molecule has 1 amide bonds. The number of rotatable bonds is 5. The lowest BCUT2D eigenvalue weighted by atomic mass is 10.2. The number of amides is 1. The fourth-order valence-electron chi connectivity index (χ4n) is 1.85. The summed E-state index contributed by atoms with van der Waals surface area (Å²) in [4.78, 5) is 12.0. The van der Waals surface area contributed by atoms with Crippen molar-refractivity contribution in [1.29, 1.82) is 0 Å². The van der Waals surface area contributed by atoms with Gasteiger partial charge in [-0.1, -0.05) is 23.2 Å². The highest BCUT2D eigenvalue weighted by molar-refractivity contribution is 7.87. The van der Waals surface area contributed by atoms with Gasteiger partial charge in [-0.15, -0.1) is 0 Å². The SMILES string of the molecule is Cc1cc(Oc2cc(F)c(C(=O)NS(=O)(=O)N(C)C)cc2Cl)ccc1Cl. The largest absolute Gasteiger partial charge is 0.456 e. The number of hydrogen-bond acceptors (Lipinski definition) is 4. The number of benzene rings is 2. The van der Waals surface area contributed by atoms with E-state index in [9.17, 15) is 17.6 Å². The molecule has 140 valence electrons. The van der Waals surface area contributed by atoms with E-state index in [1.807, 2.05) is 0 Å². The average molecular weight is 421 g/mol. The molecule has 26 heavy (non-hydrogen) atoms. The monoisotopic (exact) mass is 420 g/mol. The van der Waals surface area contributed by atoms with Gasteiger partial charge in [0.05, 0.1) is 10.6 Å². The predicted molar refractivity (Wildman–Crippen MR) is 97.7 cm³/mol. The Morgan fingerprint density at radius 1 is 1.15 bits per heavy atom. The van der Waals surface area contributed by atoms with E-state index in [1.165, 1.54) is 14.1 Å². The van der Waals surface area contributed by atoms with E-state index in [-0.39, 0.29) is 10.8 Å². The average Bonchev–Trinajstić information content (AvgIpc) is 2.53. The lowest BCUT2D eigenvalue weighted by Crippen LogP contribution is -2.39. The maximum absolute atomic E-state index is 14.3. The van der Waals surface area contributed by atoms with Crippen LogP contribution in [0.25, 0.3) is 0 Å². The van der Waals surface area contributed by atoms with Crippen LogP contribution < -0.4 is 9.46 Å². The fourth-order valence-corrected chi connectivity index (χ4v) is 2.70. The molecule has 0 radical (unpaired) electrons. The molecule has 2 aromatic carbocycles. The van der Waals surface area contributed by atoms with Gasteiger partial charge in [-0.2, -0.15) is 12.7 Å². The number of nitrogens with zero attached hydrogens (tertiary/aromatic N) is 1. The number of halogens is 3. The highest BCUT2D eigenvalue weighted by Crippen LogP contribution is 2.33. The van der Waals surface area contributed by atoms with Crippen LogP contribution >= 0.6 is 23.2 Å². The van der Waals surface area contributed by atoms with Gasteiger partial charge in [0.15, 0.2) is 0 Å². The van der Waals surface area contributed by atoms with Crippen molar-refractivity contribution >= 4 is 39.3 Å². The molecule has 0 aromatic heterocycles. The first kappa shape index (κ1) is 20.4. The second kappa shape index (κ2) is 7.79. The van der Waals surface area contributed by atoms with Crippen molar-refractivity contribution in [2.24, 2.45) is 0 Å². The number of hydrogen-bond donors (Lipinski definition) is 1. The molecule has 0 atom stereocenters. The molecule has 0 bridgehead atoms. The zero-order valence-corrected chi connectivity index (χ0v) is 16.3. The third kappa shape index (κ3) is 4.64. The second-order valence-electron chi connectivity index (χ2n) is 5.49. The number of nitrogens with one attached hydrogen (secondary N) is 1. The van der Waals surface area contributed by atoms with Crippen LogP contribution in [-0.2, 0) is 10.2 Å². The van der Waals surface area contributed by atoms with Crippen LogP contribution in [0, 0.1) is 12.7 Å². The van der Waals surface area contributed by atoms with E-state index in [0.29, 0.717) is 10.8 Å². The van der Waals surface area contributed by atoms with Crippen LogP contribution in [0.2, 0.25) is 10.0 Å². The number of carbonyl (C=O) groups excluding carboxylic acids is 1. The van der Waals surface area contributed by atoms with Crippen LogP contribution in [0.1, 0.15) is 15.9 Å². The van der Waals surface area contributed by atoms with Gasteiger partial charge >= 0.3 is 10.2 Å². The summed E-state index contributed by atoms with van der Waals surface area (Å²) in [6, 6.07) is 6.73.